The Kier molecular flexibility index (Phi) is 5.53. The number of aryl methyl sites for hydroxylation is 1. The van der Waals surface area contributed by atoms with E-state index < -0.39 is 36.1 Å². The molecule has 0 radical (unpaired) electrons. The number of sulfonamides is 1. The Morgan fingerprint density at radius 1 is 0.968 bits per heavy atom. The van der Waals surface area contributed by atoms with Crippen LogP contribution in [-0.4, -0.2) is 28.0 Å². The van der Waals surface area contributed by atoms with Gasteiger partial charge in [0.05, 0.1) is 15.5 Å². The summed E-state index contributed by atoms with van der Waals surface area (Å²) in [7, 11) is -2.86. The second kappa shape index (κ2) is 7.95. The smallest absolute Gasteiger partial charge is 0.280 e. The molecule has 3 rings (SSSR count). The lowest BCUT2D eigenvalue weighted by atomic mass is 10.1. The minimum Gasteiger partial charge on any atom is -0.280 e. The quantitative estimate of drug-likeness (QED) is 0.445. The Morgan fingerprint density at radius 2 is 1.52 bits per heavy atom. The number of rotatable bonds is 6. The maximum Gasteiger partial charge on any atom is 0.280 e. The summed E-state index contributed by atoms with van der Waals surface area (Å²) in [6.45, 7) is 1.17. The lowest BCUT2D eigenvalue weighted by Crippen LogP contribution is -2.18. The predicted molar refractivity (Wildman–Crippen MR) is 110 cm³/mol. The maximum atomic E-state index is 12.7. The van der Waals surface area contributed by atoms with Crippen LogP contribution in [0.25, 0.3) is 11.3 Å². The third kappa shape index (κ3) is 4.40. The average molecular weight is 445 g/mol. The second-order valence-corrected chi connectivity index (χ2v) is 8.15. The van der Waals surface area contributed by atoms with E-state index in [1.165, 1.54) is 38.2 Å². The van der Waals surface area contributed by atoms with E-state index in [0.717, 1.165) is 16.8 Å². The summed E-state index contributed by atoms with van der Waals surface area (Å²) in [5, 5.41) is 26.5. The largest absolute Gasteiger partial charge is 0.280 e. The molecule has 0 spiro atoms. The van der Waals surface area contributed by atoms with Crippen molar-refractivity contribution in [1.29, 1.82) is 0 Å². The van der Waals surface area contributed by atoms with Crippen LogP contribution in [0, 0.1) is 27.2 Å². The molecule has 31 heavy (non-hydrogen) atoms. The van der Waals surface area contributed by atoms with Crippen molar-refractivity contribution >= 4 is 27.1 Å². The minimum absolute atomic E-state index is 0.124. The molecule has 0 unspecified atom stereocenters. The van der Waals surface area contributed by atoms with Crippen molar-refractivity contribution in [3.63, 3.8) is 0 Å². The zero-order valence-electron chi connectivity index (χ0n) is 16.2. The average Bonchev–Trinajstić information content (AvgIpc) is 2.70. The Labute approximate surface area is 175 Å². The molecule has 13 heteroatoms. The van der Waals surface area contributed by atoms with Gasteiger partial charge in [-0.05, 0) is 25.1 Å². The fourth-order valence-electron chi connectivity index (χ4n) is 2.77. The predicted octanol–water partition coefficient (Wildman–Crippen LogP) is 2.37. The van der Waals surface area contributed by atoms with Gasteiger partial charge < -0.3 is 0 Å². The highest BCUT2D eigenvalue weighted by molar-refractivity contribution is 7.92. The van der Waals surface area contributed by atoms with Crippen molar-refractivity contribution in [1.82, 2.24) is 9.78 Å². The molecular formula is C18H15N5O7S. The fourth-order valence-corrected chi connectivity index (χ4v) is 3.87. The zero-order valence-corrected chi connectivity index (χ0v) is 17.0. The summed E-state index contributed by atoms with van der Waals surface area (Å²) in [4.78, 5) is 31.5. The van der Waals surface area contributed by atoms with Gasteiger partial charge in [0.2, 0.25) is 0 Å². The third-order valence-corrected chi connectivity index (χ3v) is 5.78. The van der Waals surface area contributed by atoms with Gasteiger partial charge in [-0.2, -0.15) is 5.10 Å². The molecular weight excluding hydrogens is 430 g/mol. The maximum absolute atomic E-state index is 12.7. The first-order chi connectivity index (χ1) is 14.5. The van der Waals surface area contributed by atoms with E-state index in [0.29, 0.717) is 11.3 Å². The van der Waals surface area contributed by atoms with Gasteiger partial charge in [-0.1, -0.05) is 12.1 Å². The van der Waals surface area contributed by atoms with E-state index in [2.05, 4.69) is 9.82 Å². The summed E-state index contributed by atoms with van der Waals surface area (Å²) < 4.78 is 28.8. The molecule has 12 nitrogen and oxygen atoms in total. The Hall–Kier alpha value is -4.13. The van der Waals surface area contributed by atoms with Crippen LogP contribution in [0.5, 0.6) is 0 Å². The number of aromatic nitrogens is 2. The highest BCUT2D eigenvalue weighted by atomic mass is 32.2. The first kappa shape index (κ1) is 21.6. The molecule has 0 aliphatic carbocycles. The van der Waals surface area contributed by atoms with Crippen molar-refractivity contribution < 1.29 is 18.3 Å². The van der Waals surface area contributed by atoms with E-state index >= 15 is 0 Å². The van der Waals surface area contributed by atoms with Crippen molar-refractivity contribution in [2.75, 3.05) is 4.72 Å². The highest BCUT2D eigenvalue weighted by Gasteiger charge is 2.28. The molecule has 0 saturated carbocycles. The summed E-state index contributed by atoms with van der Waals surface area (Å²) in [6, 6.07) is 10.4. The van der Waals surface area contributed by atoms with Crippen LogP contribution in [0.1, 0.15) is 5.56 Å². The van der Waals surface area contributed by atoms with Crippen LogP contribution in [0.2, 0.25) is 0 Å². The fraction of sp³-hybridized carbons (Fsp3) is 0.111. The molecule has 0 aliphatic heterocycles. The zero-order chi connectivity index (χ0) is 22.9. The van der Waals surface area contributed by atoms with Gasteiger partial charge in [0.25, 0.3) is 27.0 Å². The standard InChI is InChI=1S/C18H15N5O7S/c1-11-16(22(25)26)9-14(10-17(11)23(27)28)31(29,30)20-13-5-3-12(4-6-13)15-7-8-18(24)21(2)19-15/h3-10,20H,1-2H3. The van der Waals surface area contributed by atoms with Crippen LogP contribution in [0.15, 0.2) is 58.2 Å². The van der Waals surface area contributed by atoms with Gasteiger partial charge in [-0.15, -0.1) is 0 Å². The number of anilines is 1. The first-order valence-electron chi connectivity index (χ1n) is 8.60. The van der Waals surface area contributed by atoms with E-state index in [1.807, 2.05) is 0 Å². The first-order valence-corrected chi connectivity index (χ1v) is 10.1. The molecule has 0 amide bonds. The van der Waals surface area contributed by atoms with E-state index in [1.54, 1.807) is 12.1 Å². The summed E-state index contributed by atoms with van der Waals surface area (Å²) in [6.07, 6.45) is 0. The summed E-state index contributed by atoms with van der Waals surface area (Å²) in [5.41, 5.74) is -0.658. The van der Waals surface area contributed by atoms with Crippen molar-refractivity contribution in [2.45, 2.75) is 11.8 Å². The van der Waals surface area contributed by atoms with Crippen LogP contribution < -0.4 is 10.3 Å². The molecule has 1 N–H and O–H groups in total. The lowest BCUT2D eigenvalue weighted by Gasteiger charge is -2.10. The SMILES string of the molecule is Cc1c([N+](=O)[O-])cc(S(=O)(=O)Nc2ccc(-c3ccc(=O)n(C)n3)cc2)cc1[N+](=O)[O-]. The van der Waals surface area contributed by atoms with Gasteiger partial charge in [0, 0.05) is 36.5 Å². The number of nitro groups is 2. The molecule has 0 saturated heterocycles. The molecule has 0 bridgehead atoms. The Morgan fingerprint density at radius 3 is 2.00 bits per heavy atom. The Bertz CT molecular complexity index is 1330. The van der Waals surface area contributed by atoms with Crippen LogP contribution in [0.3, 0.4) is 0 Å². The van der Waals surface area contributed by atoms with E-state index in [4.69, 9.17) is 0 Å². The van der Waals surface area contributed by atoms with E-state index in [9.17, 15) is 33.4 Å². The number of hydrogen-bond acceptors (Lipinski definition) is 8. The monoisotopic (exact) mass is 445 g/mol. The van der Waals surface area contributed by atoms with Crippen LogP contribution in [0.4, 0.5) is 17.1 Å². The Balaban J connectivity index is 1.95. The second-order valence-electron chi connectivity index (χ2n) is 6.46. The van der Waals surface area contributed by atoms with Crippen molar-refractivity contribution in [3.8, 4) is 11.3 Å². The highest BCUT2D eigenvalue weighted by Crippen LogP contribution is 2.32. The molecule has 1 heterocycles. The van der Waals surface area contributed by atoms with Crippen LogP contribution in [-0.2, 0) is 17.1 Å². The summed E-state index contributed by atoms with van der Waals surface area (Å²) in [5.74, 6) is 0. The normalized spacial score (nSPS) is 11.2. The molecule has 160 valence electrons. The van der Waals surface area contributed by atoms with Crippen LogP contribution >= 0.6 is 0 Å². The molecule has 0 aliphatic rings. The van der Waals surface area contributed by atoms with Gasteiger partial charge in [-0.25, -0.2) is 13.1 Å². The molecule has 3 aromatic rings. The molecule has 1 aromatic heterocycles. The van der Waals surface area contributed by atoms with Gasteiger partial charge in [0.1, 0.15) is 10.5 Å². The van der Waals surface area contributed by atoms with Crippen molar-refractivity contribution in [2.24, 2.45) is 7.05 Å². The number of nitro benzene ring substituents is 2. The van der Waals surface area contributed by atoms with Gasteiger partial charge >= 0.3 is 0 Å². The molecule has 2 aromatic carbocycles. The van der Waals surface area contributed by atoms with Gasteiger partial charge in [0.15, 0.2) is 0 Å². The number of benzene rings is 2. The lowest BCUT2D eigenvalue weighted by molar-refractivity contribution is -0.395. The number of hydrogen-bond donors (Lipinski definition) is 1. The molecule has 0 fully saturated rings. The number of nitrogens with zero attached hydrogens (tertiary/aromatic N) is 4. The third-order valence-electron chi connectivity index (χ3n) is 4.42. The number of nitrogens with one attached hydrogen (secondary N) is 1. The van der Waals surface area contributed by atoms with Gasteiger partial charge in [-0.3, -0.25) is 29.7 Å². The molecule has 0 atom stereocenters. The minimum atomic E-state index is -4.35. The summed E-state index contributed by atoms with van der Waals surface area (Å²) >= 11 is 0. The topological polar surface area (TPSA) is 167 Å². The van der Waals surface area contributed by atoms with E-state index in [-0.39, 0.29) is 16.8 Å². The van der Waals surface area contributed by atoms with Crippen molar-refractivity contribution in [3.05, 3.63) is 84.7 Å².